The van der Waals surface area contributed by atoms with Crippen LogP contribution in [0, 0.1) is 0 Å². The summed E-state index contributed by atoms with van der Waals surface area (Å²) in [6, 6.07) is 8.65. The summed E-state index contributed by atoms with van der Waals surface area (Å²) in [6.45, 7) is 7.83. The Labute approximate surface area is 193 Å². The van der Waals surface area contributed by atoms with E-state index in [9.17, 15) is 14.4 Å². The quantitative estimate of drug-likeness (QED) is 0.654. The normalized spacial score (nSPS) is 12.4. The number of fused-ring (bicyclic) bond motifs is 1. The van der Waals surface area contributed by atoms with Gasteiger partial charge in [0.1, 0.15) is 11.3 Å². The van der Waals surface area contributed by atoms with Gasteiger partial charge in [0.2, 0.25) is 0 Å². The summed E-state index contributed by atoms with van der Waals surface area (Å²) in [5.74, 6) is -0.655. The predicted octanol–water partition coefficient (Wildman–Crippen LogP) is 3.32. The third-order valence-electron chi connectivity index (χ3n) is 4.73. The lowest BCUT2D eigenvalue weighted by Crippen LogP contribution is -2.48. The van der Waals surface area contributed by atoms with E-state index in [4.69, 9.17) is 4.74 Å². The van der Waals surface area contributed by atoms with Gasteiger partial charge in [0.05, 0.1) is 11.9 Å². The summed E-state index contributed by atoms with van der Waals surface area (Å²) in [5.41, 5.74) is 5.31. The largest absolute Gasteiger partial charge is 0.442 e. The van der Waals surface area contributed by atoms with Crippen molar-refractivity contribution in [3.05, 3.63) is 59.4 Å². The molecule has 3 rings (SSSR count). The molecule has 0 aliphatic carbocycles. The molecule has 0 fully saturated rings. The van der Waals surface area contributed by atoms with Crippen molar-refractivity contribution in [2.24, 2.45) is 4.99 Å². The topological polar surface area (TPSA) is 113 Å². The van der Waals surface area contributed by atoms with Gasteiger partial charge in [-0.15, -0.1) is 0 Å². The molecule has 0 saturated carbocycles. The van der Waals surface area contributed by atoms with Gasteiger partial charge in [0.25, 0.3) is 11.8 Å². The molecule has 9 heteroatoms. The first-order valence-electron chi connectivity index (χ1n) is 10.9. The van der Waals surface area contributed by atoms with Crippen molar-refractivity contribution in [2.75, 3.05) is 6.54 Å². The summed E-state index contributed by atoms with van der Waals surface area (Å²) in [5, 5.41) is 4.03. The average molecular weight is 452 g/mol. The average Bonchev–Trinajstić information content (AvgIpc) is 3.21. The number of carbonyl (C=O) groups excluding carboxylic acids is 3. The smallest absolute Gasteiger partial charge is 0.429 e. The second-order valence-electron chi connectivity index (χ2n) is 8.69. The fourth-order valence-electron chi connectivity index (χ4n) is 3.14. The molecule has 0 unspecified atom stereocenters. The monoisotopic (exact) mass is 451 g/mol. The number of hydrogen-bond acceptors (Lipinski definition) is 6. The second-order valence-corrected chi connectivity index (χ2v) is 8.69. The van der Waals surface area contributed by atoms with Crippen molar-refractivity contribution in [2.45, 2.75) is 52.7 Å². The molecule has 9 nitrogen and oxygen atoms in total. The van der Waals surface area contributed by atoms with Crippen LogP contribution in [-0.2, 0) is 22.5 Å². The number of aromatic nitrogens is 1. The van der Waals surface area contributed by atoms with Gasteiger partial charge in [-0.3, -0.25) is 20.0 Å². The molecular weight excluding hydrogens is 422 g/mol. The molecular formula is C24H29N5O4. The summed E-state index contributed by atoms with van der Waals surface area (Å²) < 4.78 is 5.34. The Morgan fingerprint density at radius 3 is 2.45 bits per heavy atom. The molecule has 0 atom stereocenters. The highest BCUT2D eigenvalue weighted by molar-refractivity contribution is 6.40. The first-order valence-corrected chi connectivity index (χ1v) is 10.9. The molecule has 2 N–H and O–H groups in total. The van der Waals surface area contributed by atoms with E-state index >= 15 is 0 Å². The lowest BCUT2D eigenvalue weighted by molar-refractivity contribution is -0.115. The zero-order chi connectivity index (χ0) is 24.0. The van der Waals surface area contributed by atoms with Crippen molar-refractivity contribution in [1.82, 2.24) is 20.7 Å². The highest BCUT2D eigenvalue weighted by Crippen LogP contribution is 2.24. The Morgan fingerprint density at radius 2 is 1.82 bits per heavy atom. The summed E-state index contributed by atoms with van der Waals surface area (Å²) in [7, 11) is 0. The minimum absolute atomic E-state index is 0.236. The van der Waals surface area contributed by atoms with Gasteiger partial charge >= 0.3 is 6.09 Å². The van der Waals surface area contributed by atoms with E-state index in [1.807, 2.05) is 13.0 Å². The van der Waals surface area contributed by atoms with E-state index < -0.39 is 17.6 Å². The van der Waals surface area contributed by atoms with E-state index in [2.05, 4.69) is 20.7 Å². The number of carbonyl (C=O) groups is 3. The van der Waals surface area contributed by atoms with Crippen LogP contribution in [0.1, 0.15) is 55.6 Å². The maximum atomic E-state index is 12.6. The Bertz CT molecular complexity index is 1060. The third kappa shape index (κ3) is 6.61. The summed E-state index contributed by atoms with van der Waals surface area (Å²) in [4.78, 5) is 45.7. The number of nitrogens with one attached hydrogen (secondary N) is 2. The van der Waals surface area contributed by atoms with Gasteiger partial charge in [0, 0.05) is 31.3 Å². The summed E-state index contributed by atoms with van der Waals surface area (Å²) in [6.07, 6.45) is 3.86. The SMILES string of the molecule is CCCN(NC(=O)c1ccc(CNC(=O)C2=Nc3cnccc3C2)cc1)C(=O)OC(C)(C)C. The lowest BCUT2D eigenvalue weighted by atomic mass is 10.1. The molecule has 174 valence electrons. The van der Waals surface area contributed by atoms with Crippen LogP contribution in [0.2, 0.25) is 0 Å². The number of rotatable bonds is 6. The summed E-state index contributed by atoms with van der Waals surface area (Å²) >= 11 is 0. The van der Waals surface area contributed by atoms with Crippen molar-refractivity contribution in [1.29, 1.82) is 0 Å². The Hall–Kier alpha value is -3.75. The molecule has 1 aromatic carbocycles. The molecule has 1 aromatic heterocycles. The van der Waals surface area contributed by atoms with Crippen molar-refractivity contribution in [3.63, 3.8) is 0 Å². The van der Waals surface area contributed by atoms with Crippen molar-refractivity contribution in [3.8, 4) is 0 Å². The van der Waals surface area contributed by atoms with Gasteiger partial charge in [-0.05, 0) is 56.5 Å². The zero-order valence-electron chi connectivity index (χ0n) is 19.3. The minimum atomic E-state index is -0.663. The van der Waals surface area contributed by atoms with Crippen LogP contribution in [0.5, 0.6) is 0 Å². The maximum absolute atomic E-state index is 12.6. The molecule has 33 heavy (non-hydrogen) atoms. The van der Waals surface area contributed by atoms with Gasteiger partial charge < -0.3 is 10.1 Å². The minimum Gasteiger partial charge on any atom is -0.442 e. The van der Waals surface area contributed by atoms with E-state index in [1.54, 1.807) is 57.4 Å². The number of hydrazine groups is 1. The maximum Gasteiger partial charge on any atom is 0.429 e. The first-order chi connectivity index (χ1) is 15.7. The highest BCUT2D eigenvalue weighted by atomic mass is 16.6. The highest BCUT2D eigenvalue weighted by Gasteiger charge is 2.24. The number of pyridine rings is 1. The fourth-order valence-corrected chi connectivity index (χ4v) is 3.14. The van der Waals surface area contributed by atoms with Gasteiger partial charge in [-0.2, -0.15) is 0 Å². The van der Waals surface area contributed by atoms with Crippen molar-refractivity contribution < 1.29 is 19.1 Å². The zero-order valence-corrected chi connectivity index (χ0v) is 19.3. The number of amides is 3. The Kier molecular flexibility index (Phi) is 7.42. The van der Waals surface area contributed by atoms with Crippen LogP contribution in [-0.4, -0.2) is 45.8 Å². The molecule has 0 spiro atoms. The van der Waals surface area contributed by atoms with Crippen LogP contribution in [0.25, 0.3) is 0 Å². The number of nitrogens with zero attached hydrogens (tertiary/aromatic N) is 3. The fraction of sp³-hybridized carbons (Fsp3) is 0.375. The predicted molar refractivity (Wildman–Crippen MR) is 124 cm³/mol. The lowest BCUT2D eigenvalue weighted by Gasteiger charge is -2.27. The van der Waals surface area contributed by atoms with Crippen LogP contribution in [0.3, 0.4) is 0 Å². The third-order valence-corrected chi connectivity index (χ3v) is 4.73. The van der Waals surface area contributed by atoms with Gasteiger partial charge in [0.15, 0.2) is 0 Å². The molecule has 0 radical (unpaired) electrons. The molecule has 1 aliphatic heterocycles. The Balaban J connectivity index is 1.54. The molecule has 3 amide bonds. The number of aliphatic imine (C=N–C) groups is 1. The van der Waals surface area contributed by atoms with E-state index in [0.29, 0.717) is 37.2 Å². The second kappa shape index (κ2) is 10.2. The van der Waals surface area contributed by atoms with Crippen molar-refractivity contribution >= 4 is 29.3 Å². The molecule has 2 heterocycles. The van der Waals surface area contributed by atoms with Gasteiger partial charge in [-0.25, -0.2) is 14.8 Å². The standard InChI is InChI=1S/C24H29N5O4/c1-5-12-29(23(32)33-24(2,3)4)28-21(30)17-8-6-16(7-9-17)14-26-22(31)19-13-18-10-11-25-15-20(18)27-19/h6-11,15H,5,12-14H2,1-4H3,(H,26,31)(H,28,30). The first kappa shape index (κ1) is 23.9. The van der Waals surface area contributed by atoms with Crippen LogP contribution in [0.15, 0.2) is 47.7 Å². The van der Waals surface area contributed by atoms with Gasteiger partial charge in [-0.1, -0.05) is 19.1 Å². The van der Waals surface area contributed by atoms with Crippen LogP contribution < -0.4 is 10.7 Å². The van der Waals surface area contributed by atoms with Crippen LogP contribution in [0.4, 0.5) is 10.5 Å². The Morgan fingerprint density at radius 1 is 1.09 bits per heavy atom. The van der Waals surface area contributed by atoms with E-state index in [1.165, 1.54) is 5.01 Å². The molecule has 2 aromatic rings. The number of benzene rings is 1. The van der Waals surface area contributed by atoms with E-state index in [-0.39, 0.29) is 5.91 Å². The van der Waals surface area contributed by atoms with E-state index in [0.717, 1.165) is 16.8 Å². The van der Waals surface area contributed by atoms with Crippen LogP contribution >= 0.6 is 0 Å². The molecule has 0 saturated heterocycles. The molecule has 0 bridgehead atoms. The molecule has 1 aliphatic rings. The number of ether oxygens (including phenoxy) is 1. The number of hydrogen-bond donors (Lipinski definition) is 2.